The number of rotatable bonds is 7. The van der Waals surface area contributed by atoms with E-state index >= 15 is 0 Å². The van der Waals surface area contributed by atoms with Crippen molar-refractivity contribution in [2.45, 2.75) is 50.6 Å². The van der Waals surface area contributed by atoms with Gasteiger partial charge >= 0.3 is 12.3 Å². The predicted octanol–water partition coefficient (Wildman–Crippen LogP) is 3.09. The van der Waals surface area contributed by atoms with Crippen molar-refractivity contribution < 1.29 is 27.4 Å². The summed E-state index contributed by atoms with van der Waals surface area (Å²) in [6, 6.07) is 0. The van der Waals surface area contributed by atoms with Gasteiger partial charge < -0.3 is 9.84 Å². The zero-order valence-electron chi connectivity index (χ0n) is 10.7. The van der Waals surface area contributed by atoms with E-state index in [2.05, 4.69) is 4.74 Å². The van der Waals surface area contributed by atoms with E-state index in [0.29, 0.717) is 18.3 Å². The maximum atomic E-state index is 12.6. The zero-order valence-corrected chi connectivity index (χ0v) is 10.7. The van der Waals surface area contributed by atoms with Gasteiger partial charge in [-0.3, -0.25) is 0 Å². The van der Waals surface area contributed by atoms with E-state index in [-0.39, 0.29) is 6.61 Å². The molecule has 112 valence electrons. The van der Waals surface area contributed by atoms with Crippen LogP contribution in [0.15, 0.2) is 0 Å². The van der Waals surface area contributed by atoms with Crippen LogP contribution in [0.1, 0.15) is 32.1 Å². The molecule has 1 N–H and O–H groups in total. The summed E-state index contributed by atoms with van der Waals surface area (Å²) in [5.41, 5.74) is 0. The van der Waals surface area contributed by atoms with Crippen molar-refractivity contribution in [3.8, 4) is 0 Å². The minimum Gasteiger partial charge on any atom is -0.391 e. The van der Waals surface area contributed by atoms with E-state index in [9.17, 15) is 22.7 Å². The van der Waals surface area contributed by atoms with Gasteiger partial charge in [0.05, 0.1) is 12.7 Å². The summed E-state index contributed by atoms with van der Waals surface area (Å²) in [4.78, 5) is 0. The quantitative estimate of drug-likeness (QED) is 0.728. The Labute approximate surface area is 110 Å². The van der Waals surface area contributed by atoms with Gasteiger partial charge in [-0.15, -0.1) is 0 Å². The Hall–Kier alpha value is -0.360. The number of ether oxygens (including phenoxy) is 1. The van der Waals surface area contributed by atoms with Crippen molar-refractivity contribution in [1.82, 2.24) is 0 Å². The fourth-order valence-electron chi connectivity index (χ4n) is 3.48. The monoisotopic (exact) mass is 284 g/mol. The Morgan fingerprint density at radius 3 is 2.47 bits per heavy atom. The van der Waals surface area contributed by atoms with E-state index in [4.69, 9.17) is 0 Å². The zero-order chi connectivity index (χ0) is 14.0. The van der Waals surface area contributed by atoms with Crippen LogP contribution in [0.25, 0.3) is 0 Å². The molecule has 2 rings (SSSR count). The predicted molar refractivity (Wildman–Crippen MR) is 61.3 cm³/mol. The van der Waals surface area contributed by atoms with Crippen LogP contribution < -0.4 is 0 Å². The molecule has 4 unspecified atom stereocenters. The molecule has 2 aliphatic rings. The molecule has 2 fully saturated rings. The van der Waals surface area contributed by atoms with Gasteiger partial charge in [0, 0.05) is 0 Å². The summed E-state index contributed by atoms with van der Waals surface area (Å²) in [7, 11) is 0. The number of alkyl halides is 4. The van der Waals surface area contributed by atoms with Gasteiger partial charge in [0.25, 0.3) is 0 Å². The van der Waals surface area contributed by atoms with Crippen LogP contribution in [0, 0.1) is 17.8 Å². The molecule has 4 atom stereocenters. The average molecular weight is 284 g/mol. The maximum absolute atomic E-state index is 12.6. The number of hydrogen-bond donors (Lipinski definition) is 1. The number of aliphatic hydroxyl groups excluding tert-OH is 1. The van der Waals surface area contributed by atoms with Crippen LogP contribution >= 0.6 is 0 Å². The lowest BCUT2D eigenvalue weighted by Gasteiger charge is -2.24. The molecule has 2 bridgehead atoms. The highest BCUT2D eigenvalue weighted by atomic mass is 19.3. The van der Waals surface area contributed by atoms with Crippen molar-refractivity contribution in [1.29, 1.82) is 0 Å². The Morgan fingerprint density at radius 1 is 1.21 bits per heavy atom. The summed E-state index contributed by atoms with van der Waals surface area (Å²) < 4.78 is 53.4. The van der Waals surface area contributed by atoms with E-state index in [1.54, 1.807) is 0 Å². The standard InChI is InChI=1S/C13H20F4O2/c14-12(15)13(16,17)7-19-6-11(18)5-10-4-8-1-2-9(10)3-8/h8-12,18H,1-7H2. The van der Waals surface area contributed by atoms with Crippen LogP contribution in [0.5, 0.6) is 0 Å². The Morgan fingerprint density at radius 2 is 1.95 bits per heavy atom. The average Bonchev–Trinajstić information content (AvgIpc) is 2.90. The Kier molecular flexibility index (Phi) is 4.71. The van der Waals surface area contributed by atoms with Gasteiger partial charge in [0.15, 0.2) is 0 Å². The third kappa shape index (κ3) is 3.81. The van der Waals surface area contributed by atoms with Crippen LogP contribution in [-0.4, -0.2) is 36.8 Å². The fourth-order valence-corrected chi connectivity index (χ4v) is 3.48. The smallest absolute Gasteiger partial charge is 0.330 e. The molecule has 0 saturated heterocycles. The minimum atomic E-state index is -4.13. The highest BCUT2D eigenvalue weighted by molar-refractivity contribution is 4.90. The van der Waals surface area contributed by atoms with Gasteiger partial charge in [-0.05, 0) is 43.4 Å². The second kappa shape index (κ2) is 5.95. The SMILES string of the molecule is OC(COCC(F)(F)C(F)F)CC1CC2CCC1C2. The normalized spacial score (nSPS) is 32.2. The number of halogens is 4. The molecule has 0 amide bonds. The summed E-state index contributed by atoms with van der Waals surface area (Å²) in [6.45, 7) is -1.63. The summed E-state index contributed by atoms with van der Waals surface area (Å²) in [6.07, 6.45) is 0.715. The van der Waals surface area contributed by atoms with E-state index in [1.165, 1.54) is 19.3 Å². The second-order valence-electron chi connectivity index (χ2n) is 5.90. The molecule has 0 aromatic heterocycles. The highest BCUT2D eigenvalue weighted by Gasteiger charge is 2.42. The van der Waals surface area contributed by atoms with Crippen molar-refractivity contribution >= 4 is 0 Å². The fraction of sp³-hybridized carbons (Fsp3) is 1.00. The van der Waals surface area contributed by atoms with E-state index in [0.717, 1.165) is 12.3 Å². The molecule has 2 aliphatic carbocycles. The largest absolute Gasteiger partial charge is 0.391 e. The summed E-state index contributed by atoms with van der Waals surface area (Å²) in [5.74, 6) is -2.30. The van der Waals surface area contributed by atoms with Crippen molar-refractivity contribution in [2.75, 3.05) is 13.2 Å². The van der Waals surface area contributed by atoms with E-state index in [1.807, 2.05) is 0 Å². The minimum absolute atomic E-state index is 0.295. The highest BCUT2D eigenvalue weighted by Crippen LogP contribution is 2.49. The van der Waals surface area contributed by atoms with Crippen LogP contribution in [0.2, 0.25) is 0 Å². The molecule has 0 spiro atoms. The van der Waals surface area contributed by atoms with Crippen LogP contribution in [-0.2, 0) is 4.74 Å². The lowest BCUT2D eigenvalue weighted by Crippen LogP contribution is -2.34. The van der Waals surface area contributed by atoms with Crippen molar-refractivity contribution in [3.05, 3.63) is 0 Å². The molecule has 0 aliphatic heterocycles. The number of hydrogen-bond acceptors (Lipinski definition) is 2. The van der Waals surface area contributed by atoms with Gasteiger partial charge in [-0.2, -0.15) is 8.78 Å². The third-order valence-corrected chi connectivity index (χ3v) is 4.38. The first-order valence-corrected chi connectivity index (χ1v) is 6.80. The number of fused-ring (bicyclic) bond motifs is 2. The lowest BCUT2D eigenvalue weighted by molar-refractivity contribution is -0.171. The topological polar surface area (TPSA) is 29.5 Å². The van der Waals surface area contributed by atoms with Gasteiger partial charge in [-0.25, -0.2) is 8.78 Å². The molecule has 0 aromatic rings. The van der Waals surface area contributed by atoms with Gasteiger partial charge in [-0.1, -0.05) is 6.42 Å². The number of aliphatic hydroxyl groups is 1. The summed E-state index contributed by atoms with van der Waals surface area (Å²) >= 11 is 0. The third-order valence-electron chi connectivity index (χ3n) is 4.38. The first-order chi connectivity index (χ1) is 8.88. The molecule has 19 heavy (non-hydrogen) atoms. The maximum Gasteiger partial charge on any atom is 0.330 e. The molecule has 0 radical (unpaired) electrons. The van der Waals surface area contributed by atoms with Gasteiger partial charge in [0.2, 0.25) is 0 Å². The van der Waals surface area contributed by atoms with Crippen LogP contribution in [0.4, 0.5) is 17.6 Å². The first-order valence-electron chi connectivity index (χ1n) is 6.80. The second-order valence-corrected chi connectivity index (χ2v) is 5.90. The van der Waals surface area contributed by atoms with Crippen molar-refractivity contribution in [3.63, 3.8) is 0 Å². The molecule has 2 nitrogen and oxygen atoms in total. The Balaban J connectivity index is 1.64. The molecule has 0 heterocycles. The lowest BCUT2D eigenvalue weighted by atomic mass is 9.85. The van der Waals surface area contributed by atoms with Crippen LogP contribution in [0.3, 0.4) is 0 Å². The molecular weight excluding hydrogens is 264 g/mol. The molecule has 2 saturated carbocycles. The Bertz CT molecular complexity index is 298. The first kappa shape index (κ1) is 15.0. The van der Waals surface area contributed by atoms with E-state index < -0.39 is 25.1 Å². The van der Waals surface area contributed by atoms with Gasteiger partial charge in [0.1, 0.15) is 6.61 Å². The summed E-state index contributed by atoms with van der Waals surface area (Å²) in [5, 5.41) is 9.72. The van der Waals surface area contributed by atoms with Crippen molar-refractivity contribution in [2.24, 2.45) is 17.8 Å². The molecule has 0 aromatic carbocycles. The molecular formula is C13H20F4O2. The molecule has 6 heteroatoms.